The van der Waals surface area contributed by atoms with Gasteiger partial charge in [-0.15, -0.1) is 0 Å². The van der Waals surface area contributed by atoms with Crippen molar-refractivity contribution in [3.63, 3.8) is 0 Å². The lowest BCUT2D eigenvalue weighted by molar-refractivity contribution is -0.147. The quantitative estimate of drug-likeness (QED) is 0.782. The van der Waals surface area contributed by atoms with Gasteiger partial charge in [0, 0.05) is 14.2 Å². The maximum Gasteiger partial charge on any atom is 0.306 e. The van der Waals surface area contributed by atoms with Gasteiger partial charge in [0.15, 0.2) is 0 Å². The Kier molecular flexibility index (Phi) is 4.34. The molecule has 2 unspecified atom stereocenters. The lowest BCUT2D eigenvalue weighted by atomic mass is 9.85. The summed E-state index contributed by atoms with van der Waals surface area (Å²) in [5.41, 5.74) is 0. The Hall–Kier alpha value is -0.130. The summed E-state index contributed by atoms with van der Waals surface area (Å²) in [7, 11) is 3.19. The van der Waals surface area contributed by atoms with Crippen LogP contribution in [0.1, 0.15) is 12.8 Å². The van der Waals surface area contributed by atoms with Crippen LogP contribution < -0.4 is 0 Å². The number of ether oxygens (including phenoxy) is 2. The molecule has 0 bridgehead atoms. The van der Waals surface area contributed by atoms with Crippen LogP contribution in [0, 0.1) is 5.92 Å². The summed E-state index contributed by atoms with van der Waals surface area (Å²) in [5.74, 6) is -1.13. The highest BCUT2D eigenvalue weighted by molar-refractivity contribution is 9.09. The van der Waals surface area contributed by atoms with Crippen LogP contribution in [0.5, 0.6) is 0 Å². The summed E-state index contributed by atoms with van der Waals surface area (Å²) in [5, 5.41) is 8.92. The Morgan fingerprint density at radius 3 is 2.00 bits per heavy atom. The molecule has 0 radical (unpaired) electrons. The van der Waals surface area contributed by atoms with Crippen molar-refractivity contribution in [2.45, 2.75) is 29.9 Å². The molecule has 0 aromatic rings. The molecule has 0 spiro atoms. The van der Waals surface area contributed by atoms with Crippen molar-refractivity contribution in [1.29, 1.82) is 0 Å². The highest BCUT2D eigenvalue weighted by Crippen LogP contribution is 2.32. The zero-order valence-corrected chi connectivity index (χ0v) is 9.86. The maximum absolute atomic E-state index is 10.9. The van der Waals surface area contributed by atoms with Gasteiger partial charge in [0.1, 0.15) is 0 Å². The lowest BCUT2D eigenvalue weighted by Crippen LogP contribution is -2.44. The van der Waals surface area contributed by atoms with E-state index >= 15 is 0 Å². The molecule has 4 nitrogen and oxygen atoms in total. The van der Waals surface area contributed by atoms with Crippen molar-refractivity contribution in [3.8, 4) is 0 Å². The van der Waals surface area contributed by atoms with E-state index in [1.807, 2.05) is 0 Å². The number of methoxy groups -OCH3 is 2. The number of alkyl halides is 1. The van der Waals surface area contributed by atoms with E-state index in [0.29, 0.717) is 12.8 Å². The van der Waals surface area contributed by atoms with Gasteiger partial charge in [0.25, 0.3) is 0 Å². The molecule has 1 rings (SSSR count). The first-order valence-electron chi connectivity index (χ1n) is 4.52. The summed E-state index contributed by atoms with van der Waals surface area (Å²) in [6, 6.07) is 0. The molecule has 0 heterocycles. The second-order valence-electron chi connectivity index (χ2n) is 3.50. The van der Waals surface area contributed by atoms with Crippen LogP contribution >= 0.6 is 15.9 Å². The number of carboxylic acids is 1. The topological polar surface area (TPSA) is 55.8 Å². The molecule has 1 fully saturated rings. The van der Waals surface area contributed by atoms with Gasteiger partial charge in [-0.2, -0.15) is 0 Å². The summed E-state index contributed by atoms with van der Waals surface area (Å²) in [6.07, 6.45) is 0.910. The number of hydrogen-bond acceptors (Lipinski definition) is 3. The van der Waals surface area contributed by atoms with Crippen molar-refractivity contribution in [3.05, 3.63) is 0 Å². The summed E-state index contributed by atoms with van der Waals surface area (Å²) in [4.78, 5) is 10.9. The first-order valence-corrected chi connectivity index (χ1v) is 5.44. The number of carboxylic acid groups (broad SMARTS) is 1. The van der Waals surface area contributed by atoms with Gasteiger partial charge in [-0.3, -0.25) is 4.79 Å². The van der Waals surface area contributed by atoms with Crippen LogP contribution in [0.4, 0.5) is 0 Å². The van der Waals surface area contributed by atoms with E-state index < -0.39 is 5.97 Å². The standard InChI is InChI=1S/C9H15BrO4/c1-13-6-3-5(9(11)12)4-7(14-2)8(6)10/h5-8H,3-4H2,1-2H3,(H,11,12). The third kappa shape index (κ3) is 2.46. The van der Waals surface area contributed by atoms with E-state index in [1.165, 1.54) is 0 Å². The SMILES string of the molecule is COC1CC(C(=O)O)CC(OC)C1Br. The summed E-state index contributed by atoms with van der Waals surface area (Å²) >= 11 is 3.48. The smallest absolute Gasteiger partial charge is 0.306 e. The fourth-order valence-electron chi connectivity index (χ4n) is 1.81. The maximum atomic E-state index is 10.9. The van der Waals surface area contributed by atoms with Gasteiger partial charge in [-0.25, -0.2) is 0 Å². The largest absolute Gasteiger partial charge is 0.481 e. The Labute approximate surface area is 91.7 Å². The van der Waals surface area contributed by atoms with Gasteiger partial charge in [-0.05, 0) is 12.8 Å². The minimum absolute atomic E-state index is 0.0769. The molecule has 5 heteroatoms. The molecule has 2 atom stereocenters. The van der Waals surface area contributed by atoms with Crippen LogP contribution in [0.2, 0.25) is 0 Å². The van der Waals surface area contributed by atoms with Crippen LogP contribution in [0.15, 0.2) is 0 Å². The third-order valence-electron chi connectivity index (χ3n) is 2.70. The van der Waals surface area contributed by atoms with Crippen LogP contribution in [0.3, 0.4) is 0 Å². The Morgan fingerprint density at radius 1 is 1.29 bits per heavy atom. The summed E-state index contributed by atoms with van der Waals surface area (Å²) < 4.78 is 10.5. The molecule has 1 saturated carbocycles. The monoisotopic (exact) mass is 266 g/mol. The first kappa shape index (κ1) is 11.9. The zero-order chi connectivity index (χ0) is 10.7. The van der Waals surface area contributed by atoms with E-state index in [2.05, 4.69) is 15.9 Å². The fraction of sp³-hybridized carbons (Fsp3) is 0.889. The predicted molar refractivity (Wildman–Crippen MR) is 54.7 cm³/mol. The predicted octanol–water partition coefficient (Wildman–Crippen LogP) is 1.27. The lowest BCUT2D eigenvalue weighted by Gasteiger charge is -2.35. The minimum Gasteiger partial charge on any atom is -0.481 e. The normalized spacial score (nSPS) is 38.2. The molecule has 0 aromatic heterocycles. The molecule has 0 amide bonds. The number of carbonyl (C=O) groups is 1. The third-order valence-corrected chi connectivity index (χ3v) is 3.88. The van der Waals surface area contributed by atoms with Gasteiger partial charge >= 0.3 is 5.97 Å². The van der Waals surface area contributed by atoms with Gasteiger partial charge in [-0.1, -0.05) is 15.9 Å². The first-order chi connectivity index (χ1) is 6.60. The van der Waals surface area contributed by atoms with Gasteiger partial charge in [0.05, 0.1) is 23.0 Å². The molecule has 82 valence electrons. The van der Waals surface area contributed by atoms with Crippen molar-refractivity contribution in [2.75, 3.05) is 14.2 Å². The highest BCUT2D eigenvalue weighted by atomic mass is 79.9. The van der Waals surface area contributed by atoms with Gasteiger partial charge < -0.3 is 14.6 Å². The average molecular weight is 267 g/mol. The van der Waals surface area contributed by atoms with Crippen LogP contribution in [-0.2, 0) is 14.3 Å². The molecule has 1 aliphatic carbocycles. The van der Waals surface area contributed by atoms with Crippen molar-refractivity contribution in [2.24, 2.45) is 5.92 Å². The molecular weight excluding hydrogens is 252 g/mol. The Balaban J connectivity index is 2.68. The molecule has 0 aliphatic heterocycles. The number of aliphatic carboxylic acids is 1. The molecule has 14 heavy (non-hydrogen) atoms. The average Bonchev–Trinajstić information content (AvgIpc) is 2.17. The van der Waals surface area contributed by atoms with Crippen molar-refractivity contribution < 1.29 is 19.4 Å². The van der Waals surface area contributed by atoms with E-state index in [-0.39, 0.29) is 23.0 Å². The number of rotatable bonds is 3. The minimum atomic E-state index is -0.770. The van der Waals surface area contributed by atoms with Crippen molar-refractivity contribution in [1.82, 2.24) is 0 Å². The second kappa shape index (κ2) is 5.09. The molecule has 0 aromatic carbocycles. The Morgan fingerprint density at radius 2 is 1.71 bits per heavy atom. The van der Waals surface area contributed by atoms with E-state index in [9.17, 15) is 4.79 Å². The molecule has 1 aliphatic rings. The van der Waals surface area contributed by atoms with Gasteiger partial charge in [0.2, 0.25) is 0 Å². The molecule has 0 saturated heterocycles. The summed E-state index contributed by atoms with van der Waals surface area (Å²) in [6.45, 7) is 0. The van der Waals surface area contributed by atoms with E-state index in [0.717, 1.165) is 0 Å². The van der Waals surface area contributed by atoms with Crippen LogP contribution in [-0.4, -0.2) is 42.3 Å². The Bertz CT molecular complexity index is 195. The zero-order valence-electron chi connectivity index (χ0n) is 8.27. The van der Waals surface area contributed by atoms with E-state index in [1.54, 1.807) is 14.2 Å². The number of hydrogen-bond donors (Lipinski definition) is 1. The molecular formula is C9H15BrO4. The second-order valence-corrected chi connectivity index (χ2v) is 4.56. The number of halogens is 1. The van der Waals surface area contributed by atoms with Crippen molar-refractivity contribution >= 4 is 21.9 Å². The fourth-order valence-corrected chi connectivity index (χ4v) is 2.67. The van der Waals surface area contributed by atoms with Crippen LogP contribution in [0.25, 0.3) is 0 Å². The molecule has 1 N–H and O–H groups in total. The van der Waals surface area contributed by atoms with E-state index in [4.69, 9.17) is 14.6 Å². The highest BCUT2D eigenvalue weighted by Gasteiger charge is 2.39.